The van der Waals surface area contributed by atoms with Gasteiger partial charge in [-0.1, -0.05) is 201 Å². The SMILES string of the molecule is CCC1(C)C(C)(C)[C@]2(C)[C@@H]3[C@H](C)[C@H](CC(C)C)[C@H](CC(C)(C)C)[C@H](C)[C@@H]3C(C)(C)C(C)(C)[C@@]2(C)C(C)(C)[C@@]1(C)C1(C)C(C)(C)C(C)(C(C)(C)C)C1(C)C. The number of hydrogen-bond donors (Lipinski definition) is 0. The largest absolute Gasteiger partial charge is 0.0648 e. The predicted octanol–water partition coefficient (Wildman–Crippen LogP) is 16.9. The van der Waals surface area contributed by atoms with Crippen molar-refractivity contribution in [3.8, 4) is 0 Å². The highest BCUT2D eigenvalue weighted by atomic mass is 15.0. The minimum atomic E-state index is 0.0159. The van der Waals surface area contributed by atoms with Gasteiger partial charge in [0.1, 0.15) is 0 Å². The van der Waals surface area contributed by atoms with Crippen LogP contribution in [-0.2, 0) is 0 Å². The van der Waals surface area contributed by atoms with Crippen LogP contribution >= 0.6 is 0 Å². The van der Waals surface area contributed by atoms with Gasteiger partial charge in [-0.15, -0.1) is 0 Å². The normalized spacial score (nSPS) is 49.5. The molecule has 0 aromatic rings. The first-order chi connectivity index (χ1) is 23.0. The van der Waals surface area contributed by atoms with Gasteiger partial charge in [-0.25, -0.2) is 0 Å². The van der Waals surface area contributed by atoms with E-state index in [1.165, 1.54) is 19.3 Å². The van der Waals surface area contributed by atoms with Crippen LogP contribution in [0.2, 0.25) is 0 Å². The summed E-state index contributed by atoms with van der Waals surface area (Å²) in [6.07, 6.45) is 3.93. The molecule has 0 bridgehead atoms. The molecule has 1 unspecified atom stereocenters. The Balaban J connectivity index is 2.23. The third kappa shape index (κ3) is 4.29. The van der Waals surface area contributed by atoms with E-state index in [2.05, 4.69) is 201 Å². The molecule has 53 heavy (non-hydrogen) atoms. The first-order valence-electron chi connectivity index (χ1n) is 23.0. The lowest BCUT2D eigenvalue weighted by Crippen LogP contribution is -2.90. The molecule has 0 heterocycles. The molecule has 0 heteroatoms. The molecule has 4 saturated carbocycles. The highest BCUT2D eigenvalue weighted by Gasteiger charge is 2.93. The van der Waals surface area contributed by atoms with Gasteiger partial charge in [0.15, 0.2) is 0 Å². The zero-order valence-corrected chi connectivity index (χ0v) is 42.2. The van der Waals surface area contributed by atoms with E-state index in [0.29, 0.717) is 29.1 Å². The van der Waals surface area contributed by atoms with Gasteiger partial charge in [-0.05, 0) is 136 Å². The first-order valence-corrected chi connectivity index (χ1v) is 23.0. The molecule has 0 aromatic carbocycles. The third-order valence-electron chi connectivity index (χ3n) is 24.9. The molecule has 0 nitrogen and oxygen atoms in total. The van der Waals surface area contributed by atoms with Crippen molar-refractivity contribution in [2.75, 3.05) is 0 Å². The Morgan fingerprint density at radius 1 is 0.491 bits per heavy atom. The van der Waals surface area contributed by atoms with Crippen molar-refractivity contribution in [2.45, 2.75) is 220 Å². The number of hydrogen-bond acceptors (Lipinski definition) is 0. The quantitative estimate of drug-likeness (QED) is 0.264. The molecule has 0 saturated heterocycles. The maximum atomic E-state index is 2.93. The van der Waals surface area contributed by atoms with E-state index >= 15 is 0 Å². The molecule has 4 aliphatic rings. The second kappa shape index (κ2) is 11.6. The first kappa shape index (κ1) is 45.7. The van der Waals surface area contributed by atoms with Crippen molar-refractivity contribution >= 4 is 0 Å². The molecule has 0 N–H and O–H groups in total. The Bertz CT molecular complexity index is 1390. The minimum absolute atomic E-state index is 0.0159. The van der Waals surface area contributed by atoms with Crippen LogP contribution in [0.15, 0.2) is 0 Å². The Morgan fingerprint density at radius 2 is 0.906 bits per heavy atom. The Labute approximate surface area is 336 Å². The molecular weight excluding hydrogens is 637 g/mol. The molecule has 0 amide bonds. The maximum absolute atomic E-state index is 2.93. The van der Waals surface area contributed by atoms with Crippen molar-refractivity contribution in [2.24, 2.45) is 117 Å². The second-order valence-corrected chi connectivity index (χ2v) is 28.0. The smallest absolute Gasteiger partial charge is 0.0145 e. The third-order valence-corrected chi connectivity index (χ3v) is 24.9. The van der Waals surface area contributed by atoms with Gasteiger partial charge in [-0.2, -0.15) is 0 Å². The molecule has 4 fully saturated rings. The highest BCUT2D eigenvalue weighted by Crippen LogP contribution is 2.97. The second-order valence-electron chi connectivity index (χ2n) is 28.0. The zero-order valence-electron chi connectivity index (χ0n) is 42.2. The van der Waals surface area contributed by atoms with Crippen LogP contribution < -0.4 is 0 Å². The van der Waals surface area contributed by atoms with Gasteiger partial charge in [0.25, 0.3) is 0 Å². The fraction of sp³-hybridized carbons (Fsp3) is 1.00. The molecule has 0 aromatic heterocycles. The predicted molar refractivity (Wildman–Crippen MR) is 237 cm³/mol. The van der Waals surface area contributed by atoms with Gasteiger partial charge < -0.3 is 0 Å². The van der Waals surface area contributed by atoms with Gasteiger partial charge >= 0.3 is 0 Å². The summed E-state index contributed by atoms with van der Waals surface area (Å²) in [5.41, 5.74) is 1.60. The molecule has 4 aliphatic carbocycles. The molecule has 0 spiro atoms. The van der Waals surface area contributed by atoms with Crippen LogP contribution in [0.3, 0.4) is 0 Å². The van der Waals surface area contributed by atoms with Crippen molar-refractivity contribution in [1.29, 1.82) is 0 Å². The fourth-order valence-electron chi connectivity index (χ4n) is 20.4. The van der Waals surface area contributed by atoms with Crippen LogP contribution in [0.5, 0.6) is 0 Å². The van der Waals surface area contributed by atoms with E-state index in [1.54, 1.807) is 0 Å². The van der Waals surface area contributed by atoms with Crippen molar-refractivity contribution in [1.82, 2.24) is 0 Å². The van der Waals surface area contributed by atoms with Crippen LogP contribution in [0.1, 0.15) is 220 Å². The van der Waals surface area contributed by atoms with Crippen LogP contribution in [0.25, 0.3) is 0 Å². The summed E-state index contributed by atoms with van der Waals surface area (Å²) in [5.74, 6) is 4.97. The Morgan fingerprint density at radius 3 is 1.26 bits per heavy atom. The lowest BCUT2D eigenvalue weighted by molar-refractivity contribution is -0.479. The monoisotopic (exact) mass is 737 g/mol. The van der Waals surface area contributed by atoms with Gasteiger partial charge in [0.2, 0.25) is 0 Å². The van der Waals surface area contributed by atoms with Crippen LogP contribution in [0.4, 0.5) is 0 Å². The molecule has 312 valence electrons. The van der Waals surface area contributed by atoms with E-state index in [4.69, 9.17) is 0 Å². The van der Waals surface area contributed by atoms with Crippen molar-refractivity contribution in [3.05, 3.63) is 0 Å². The minimum Gasteiger partial charge on any atom is -0.0648 e. The van der Waals surface area contributed by atoms with E-state index in [0.717, 1.165) is 17.8 Å². The fourth-order valence-corrected chi connectivity index (χ4v) is 20.4. The summed E-state index contributed by atoms with van der Waals surface area (Å²) < 4.78 is 0. The molecule has 0 aliphatic heterocycles. The lowest BCUT2D eigenvalue weighted by Gasteiger charge is -2.95. The van der Waals surface area contributed by atoms with Gasteiger partial charge in [0, 0.05) is 0 Å². The van der Waals surface area contributed by atoms with E-state index in [1.807, 2.05) is 0 Å². The lowest BCUT2D eigenvalue weighted by atomic mass is 9.09. The van der Waals surface area contributed by atoms with Crippen LogP contribution in [-0.4, -0.2) is 0 Å². The molecule has 10 atom stereocenters. The van der Waals surface area contributed by atoms with Gasteiger partial charge in [-0.3, -0.25) is 0 Å². The zero-order chi connectivity index (χ0) is 42.2. The standard InChI is InChI=1S/C53H100/c1-30-48(24)44(16,17)49(25)39-34(4)36(31-33(2)3)37(32-40(6,7)8)35(5)38(39)42(12,13)43(14,15)51(49,27)47(22,23)53(48,29)52(28)45(18,19)50(26,41(9,10)11)46(52,20)21/h33-39H,30-32H2,1-29H3/t34-,35+,36+,37-,38+,39-,48?,49+,50?,51+,52?,53-/m1/s1. The average molecular weight is 737 g/mol. The van der Waals surface area contributed by atoms with E-state index in [9.17, 15) is 0 Å². The number of fused-ring (bicyclic) bond motifs is 3. The maximum Gasteiger partial charge on any atom is -0.0145 e. The van der Waals surface area contributed by atoms with Gasteiger partial charge in [0.05, 0.1) is 0 Å². The Kier molecular flexibility index (Phi) is 10.00. The summed E-state index contributed by atoms with van der Waals surface area (Å²) in [4.78, 5) is 0. The Hall–Kier alpha value is 0. The molecular formula is C53H100. The summed E-state index contributed by atoms with van der Waals surface area (Å²) in [5, 5.41) is 0. The van der Waals surface area contributed by atoms with E-state index < -0.39 is 0 Å². The number of rotatable bonds is 5. The summed E-state index contributed by atoms with van der Waals surface area (Å²) >= 11 is 0. The summed E-state index contributed by atoms with van der Waals surface area (Å²) in [6.45, 7) is 78.8. The van der Waals surface area contributed by atoms with E-state index in [-0.39, 0.29) is 70.4 Å². The average Bonchev–Trinajstić information content (AvgIpc) is 2.97. The van der Waals surface area contributed by atoms with Crippen LogP contribution in [0, 0.1) is 117 Å². The van der Waals surface area contributed by atoms with Crippen molar-refractivity contribution in [3.63, 3.8) is 0 Å². The summed E-state index contributed by atoms with van der Waals surface area (Å²) in [7, 11) is 0. The highest BCUT2D eigenvalue weighted by molar-refractivity contribution is 5.39. The van der Waals surface area contributed by atoms with Crippen molar-refractivity contribution < 1.29 is 0 Å². The summed E-state index contributed by atoms with van der Waals surface area (Å²) in [6, 6.07) is 0. The molecule has 0 radical (unpaired) electrons. The molecule has 4 rings (SSSR count). The topological polar surface area (TPSA) is 0 Å².